The maximum Gasteiger partial charge on any atom is 0.488 e. The van der Waals surface area contributed by atoms with Crippen molar-refractivity contribution in [3.8, 4) is 0 Å². The van der Waals surface area contributed by atoms with Gasteiger partial charge in [0.1, 0.15) is 0 Å². The molecule has 0 unspecified atom stereocenters. The Morgan fingerprint density at radius 2 is 1.93 bits per heavy atom. The first-order valence-corrected chi connectivity index (χ1v) is 4.18. The van der Waals surface area contributed by atoms with E-state index in [1.807, 2.05) is 6.07 Å². The van der Waals surface area contributed by atoms with E-state index in [0.717, 1.165) is 0 Å². The monoisotopic (exact) mass is 196 g/mol. The Bertz CT molecular complexity index is 238. The van der Waals surface area contributed by atoms with E-state index in [0.29, 0.717) is 18.5 Å². The molecule has 1 rings (SSSR count). The van der Waals surface area contributed by atoms with E-state index in [9.17, 15) is 4.79 Å². The summed E-state index contributed by atoms with van der Waals surface area (Å²) in [7, 11) is -1.34. The van der Waals surface area contributed by atoms with Crippen LogP contribution in [0.5, 0.6) is 0 Å². The van der Waals surface area contributed by atoms with Gasteiger partial charge in [0.15, 0.2) is 0 Å². The Labute approximate surface area is 83.3 Å². The van der Waals surface area contributed by atoms with Crippen molar-refractivity contribution >= 4 is 19.1 Å². The molecule has 0 saturated carbocycles. The predicted molar refractivity (Wildman–Crippen MR) is 54.0 cm³/mol. The molecule has 14 heavy (non-hydrogen) atoms. The van der Waals surface area contributed by atoms with Gasteiger partial charge in [-0.15, -0.1) is 0 Å². The highest BCUT2D eigenvalue weighted by Gasteiger charge is 2.07. The molecule has 0 heterocycles. The lowest BCUT2D eigenvalue weighted by atomic mass is 9.81. The molecule has 0 aromatic heterocycles. The third-order valence-electron chi connectivity index (χ3n) is 1.33. The topological polar surface area (TPSA) is 66.8 Å². The summed E-state index contributed by atoms with van der Waals surface area (Å²) >= 11 is 0. The highest BCUT2D eigenvalue weighted by Crippen LogP contribution is 1.82. The van der Waals surface area contributed by atoms with Gasteiger partial charge >= 0.3 is 7.12 Å². The number of carbonyl (C=O) groups excluding carboxylic acids is 1. The molecule has 1 aromatic carbocycles. The van der Waals surface area contributed by atoms with Crippen LogP contribution in [0.1, 0.15) is 6.92 Å². The summed E-state index contributed by atoms with van der Waals surface area (Å²) in [6.45, 7) is 2.66. The molecule has 0 aliphatic heterocycles. The van der Waals surface area contributed by atoms with Gasteiger partial charge in [-0.25, -0.2) is 0 Å². The lowest BCUT2D eigenvalue weighted by Gasteiger charge is -1.94. The van der Waals surface area contributed by atoms with Crippen LogP contribution >= 0.6 is 0 Å². The van der Waals surface area contributed by atoms with Crippen LogP contribution < -0.4 is 5.46 Å². The molecule has 76 valence electrons. The normalized spacial score (nSPS) is 8.21. The molecule has 0 aliphatic carbocycles. The van der Waals surface area contributed by atoms with Crippen molar-refractivity contribution in [1.82, 2.24) is 0 Å². The van der Waals surface area contributed by atoms with Gasteiger partial charge in [-0.3, -0.25) is 4.79 Å². The van der Waals surface area contributed by atoms with Gasteiger partial charge in [-0.05, 0) is 12.4 Å². The molecule has 1 aromatic rings. The molecule has 2 N–H and O–H groups in total. The zero-order valence-electron chi connectivity index (χ0n) is 7.96. The van der Waals surface area contributed by atoms with Crippen LogP contribution in [0.4, 0.5) is 0 Å². The SMILES string of the molecule is CCOC=O.OB(O)c1ccccc1. The third kappa shape index (κ3) is 6.22. The Morgan fingerprint density at radius 1 is 1.36 bits per heavy atom. The van der Waals surface area contributed by atoms with Crippen molar-refractivity contribution in [2.75, 3.05) is 6.61 Å². The summed E-state index contributed by atoms with van der Waals surface area (Å²) in [5.74, 6) is 0. The maximum atomic E-state index is 9.18. The van der Waals surface area contributed by atoms with E-state index in [2.05, 4.69) is 4.74 Å². The summed E-state index contributed by atoms with van der Waals surface area (Å²) in [6.07, 6.45) is 0. The molecule has 0 amide bonds. The Balaban J connectivity index is 0.000000292. The average Bonchev–Trinajstić information content (AvgIpc) is 2.21. The van der Waals surface area contributed by atoms with Crippen molar-refractivity contribution in [2.24, 2.45) is 0 Å². The standard InChI is InChI=1S/C6H7BO2.C3H6O2/c8-7(9)6-4-2-1-3-5-6;1-2-5-3-4/h1-5,8-9H;3H,2H2,1H3. The minimum atomic E-state index is -1.34. The summed E-state index contributed by atoms with van der Waals surface area (Å²) in [5, 5.41) is 17.2. The highest BCUT2D eigenvalue weighted by atomic mass is 16.5. The molecule has 0 bridgehead atoms. The van der Waals surface area contributed by atoms with Crippen LogP contribution in [-0.2, 0) is 9.53 Å². The second-order valence-electron chi connectivity index (χ2n) is 2.34. The number of hydrogen-bond donors (Lipinski definition) is 2. The van der Waals surface area contributed by atoms with Crippen LogP contribution in [0.3, 0.4) is 0 Å². The fourth-order valence-corrected chi connectivity index (χ4v) is 0.693. The fraction of sp³-hybridized carbons (Fsp3) is 0.222. The quantitative estimate of drug-likeness (QED) is 0.507. The van der Waals surface area contributed by atoms with Crippen LogP contribution in [-0.4, -0.2) is 30.2 Å². The second kappa shape index (κ2) is 8.28. The lowest BCUT2D eigenvalue weighted by molar-refractivity contribution is -0.128. The van der Waals surface area contributed by atoms with Gasteiger partial charge in [-0.1, -0.05) is 30.3 Å². The molecular weight excluding hydrogens is 183 g/mol. The van der Waals surface area contributed by atoms with E-state index in [4.69, 9.17) is 10.0 Å². The van der Waals surface area contributed by atoms with Crippen molar-refractivity contribution in [1.29, 1.82) is 0 Å². The first kappa shape index (κ1) is 12.7. The van der Waals surface area contributed by atoms with Gasteiger partial charge in [0.05, 0.1) is 6.61 Å². The number of ether oxygens (including phenoxy) is 1. The summed E-state index contributed by atoms with van der Waals surface area (Å²) in [5.41, 5.74) is 0.525. The first-order valence-electron chi connectivity index (χ1n) is 4.18. The molecule has 0 fully saturated rings. The Hall–Kier alpha value is -1.33. The van der Waals surface area contributed by atoms with Crippen molar-refractivity contribution in [2.45, 2.75) is 6.92 Å². The van der Waals surface area contributed by atoms with Gasteiger partial charge in [0.2, 0.25) is 0 Å². The van der Waals surface area contributed by atoms with Gasteiger partial charge in [-0.2, -0.15) is 0 Å². The van der Waals surface area contributed by atoms with E-state index in [1.54, 1.807) is 31.2 Å². The molecule has 0 aliphatic rings. The molecule has 5 heteroatoms. The molecular formula is C9H13BO4. The Kier molecular flexibility index (Phi) is 7.50. The van der Waals surface area contributed by atoms with Crippen LogP contribution in [0, 0.1) is 0 Å². The van der Waals surface area contributed by atoms with Gasteiger partial charge in [0.25, 0.3) is 6.47 Å². The minimum absolute atomic E-state index is 0.431. The average molecular weight is 196 g/mol. The van der Waals surface area contributed by atoms with Crippen molar-refractivity contribution < 1.29 is 19.6 Å². The highest BCUT2D eigenvalue weighted by molar-refractivity contribution is 6.58. The maximum absolute atomic E-state index is 9.18. The second-order valence-corrected chi connectivity index (χ2v) is 2.34. The third-order valence-corrected chi connectivity index (χ3v) is 1.33. The molecule has 0 saturated heterocycles. The van der Waals surface area contributed by atoms with E-state index in [1.165, 1.54) is 0 Å². The zero-order chi connectivity index (χ0) is 10.8. The zero-order valence-corrected chi connectivity index (χ0v) is 7.96. The smallest absolute Gasteiger partial charge is 0.468 e. The number of rotatable bonds is 3. The summed E-state index contributed by atoms with van der Waals surface area (Å²) < 4.78 is 4.15. The van der Waals surface area contributed by atoms with E-state index >= 15 is 0 Å². The predicted octanol–water partition coefficient (Wildman–Crippen LogP) is -0.454. The molecule has 4 nitrogen and oxygen atoms in total. The van der Waals surface area contributed by atoms with Gasteiger partial charge in [0, 0.05) is 0 Å². The summed E-state index contributed by atoms with van der Waals surface area (Å²) in [6, 6.07) is 8.66. The number of carbonyl (C=O) groups is 1. The van der Waals surface area contributed by atoms with Crippen LogP contribution in [0.25, 0.3) is 0 Å². The molecule has 0 atom stereocenters. The fourth-order valence-electron chi connectivity index (χ4n) is 0.693. The largest absolute Gasteiger partial charge is 0.488 e. The molecule has 0 radical (unpaired) electrons. The minimum Gasteiger partial charge on any atom is -0.468 e. The Morgan fingerprint density at radius 3 is 2.14 bits per heavy atom. The van der Waals surface area contributed by atoms with Crippen LogP contribution in [0.15, 0.2) is 30.3 Å². The first-order chi connectivity index (χ1) is 6.72. The number of hydrogen-bond acceptors (Lipinski definition) is 4. The van der Waals surface area contributed by atoms with E-state index in [-0.39, 0.29) is 0 Å². The lowest BCUT2D eigenvalue weighted by Crippen LogP contribution is -2.29. The number of benzene rings is 1. The summed E-state index contributed by atoms with van der Waals surface area (Å²) in [4.78, 5) is 9.18. The van der Waals surface area contributed by atoms with Gasteiger partial charge < -0.3 is 14.8 Å². The van der Waals surface area contributed by atoms with E-state index < -0.39 is 7.12 Å². The molecule has 0 spiro atoms. The van der Waals surface area contributed by atoms with Crippen molar-refractivity contribution in [3.63, 3.8) is 0 Å². The van der Waals surface area contributed by atoms with Crippen LogP contribution in [0.2, 0.25) is 0 Å². The van der Waals surface area contributed by atoms with Crippen molar-refractivity contribution in [3.05, 3.63) is 30.3 Å².